The van der Waals surface area contributed by atoms with Crippen LogP contribution in [0, 0.1) is 11.8 Å². The van der Waals surface area contributed by atoms with Gasteiger partial charge in [-0.25, -0.2) is 9.78 Å². The number of piperidine rings is 1. The predicted molar refractivity (Wildman–Crippen MR) is 102 cm³/mol. The van der Waals surface area contributed by atoms with Gasteiger partial charge in [0.1, 0.15) is 5.82 Å². The van der Waals surface area contributed by atoms with Gasteiger partial charge in [-0.15, -0.1) is 0 Å². The second kappa shape index (κ2) is 7.57. The number of nitrogens with zero attached hydrogens (tertiary/aromatic N) is 5. The van der Waals surface area contributed by atoms with Crippen LogP contribution in [0.15, 0.2) is 9.59 Å². The number of imidazole rings is 1. The predicted octanol–water partition coefficient (Wildman–Crippen LogP) is -0.735. The first kappa shape index (κ1) is 19.8. The number of aryl methyl sites for hydroxylation is 1. The molecule has 3 atom stereocenters. The summed E-state index contributed by atoms with van der Waals surface area (Å²) >= 11 is 0. The molecule has 0 bridgehead atoms. The third-order valence-electron chi connectivity index (χ3n) is 5.34. The topological polar surface area (TPSA) is 106 Å². The number of hydrogen-bond donors (Lipinski definition) is 2. The largest absolute Gasteiger partial charge is 0.394 e. The molecule has 0 aliphatic carbocycles. The quantitative estimate of drug-likeness (QED) is 0.709. The van der Waals surface area contributed by atoms with E-state index in [9.17, 15) is 19.8 Å². The number of aliphatic hydroxyl groups excluding tert-OH is 2. The fourth-order valence-corrected chi connectivity index (χ4v) is 4.20. The molecule has 0 spiro atoms. The Hall–Kier alpha value is -1.97. The molecule has 9 nitrogen and oxygen atoms in total. The summed E-state index contributed by atoms with van der Waals surface area (Å²) in [6.45, 7) is 6.48. The number of aliphatic hydroxyl groups is 2. The van der Waals surface area contributed by atoms with Crippen LogP contribution in [-0.2, 0) is 27.2 Å². The Labute approximate surface area is 157 Å². The first-order chi connectivity index (χ1) is 12.7. The SMILES string of the molecule is CC1CC(C)CN(Cc2nc3c(c(=O)n(C)c(=O)n3C)n2CC(O)CO)C1. The lowest BCUT2D eigenvalue weighted by atomic mass is 9.92. The normalized spacial score (nSPS) is 22.4. The molecule has 2 N–H and O–H groups in total. The molecule has 2 aromatic heterocycles. The van der Waals surface area contributed by atoms with E-state index in [0.29, 0.717) is 29.9 Å². The summed E-state index contributed by atoms with van der Waals surface area (Å²) in [5.74, 6) is 1.77. The van der Waals surface area contributed by atoms with E-state index in [1.54, 1.807) is 11.6 Å². The number of rotatable bonds is 5. The van der Waals surface area contributed by atoms with Crippen LogP contribution < -0.4 is 11.2 Å². The van der Waals surface area contributed by atoms with Gasteiger partial charge in [-0.05, 0) is 18.3 Å². The monoisotopic (exact) mass is 379 g/mol. The van der Waals surface area contributed by atoms with E-state index in [2.05, 4.69) is 23.7 Å². The summed E-state index contributed by atoms with van der Waals surface area (Å²) in [6, 6.07) is 0. The Morgan fingerprint density at radius 1 is 1.15 bits per heavy atom. The number of fused-ring (bicyclic) bond motifs is 1. The summed E-state index contributed by atoms with van der Waals surface area (Å²) in [6.07, 6.45) is 0.174. The van der Waals surface area contributed by atoms with Gasteiger partial charge in [0, 0.05) is 27.2 Å². The molecule has 1 fully saturated rings. The Balaban J connectivity index is 2.12. The molecule has 150 valence electrons. The molecule has 1 saturated heterocycles. The van der Waals surface area contributed by atoms with Crippen molar-refractivity contribution in [1.29, 1.82) is 0 Å². The van der Waals surface area contributed by atoms with Crippen molar-refractivity contribution in [3.63, 3.8) is 0 Å². The van der Waals surface area contributed by atoms with E-state index >= 15 is 0 Å². The summed E-state index contributed by atoms with van der Waals surface area (Å²) in [5.41, 5.74) is -0.300. The zero-order chi connectivity index (χ0) is 19.9. The van der Waals surface area contributed by atoms with Crippen molar-refractivity contribution in [1.82, 2.24) is 23.6 Å². The molecule has 1 aliphatic rings. The van der Waals surface area contributed by atoms with E-state index in [1.165, 1.54) is 18.0 Å². The molecule has 0 radical (unpaired) electrons. The van der Waals surface area contributed by atoms with E-state index in [4.69, 9.17) is 0 Å². The summed E-state index contributed by atoms with van der Waals surface area (Å²) < 4.78 is 4.05. The van der Waals surface area contributed by atoms with Gasteiger partial charge in [-0.2, -0.15) is 0 Å². The first-order valence-corrected chi connectivity index (χ1v) is 9.39. The molecule has 1 aliphatic heterocycles. The van der Waals surface area contributed by atoms with Crippen molar-refractivity contribution in [3.05, 3.63) is 26.7 Å². The minimum atomic E-state index is -1.01. The van der Waals surface area contributed by atoms with Crippen LogP contribution >= 0.6 is 0 Å². The van der Waals surface area contributed by atoms with E-state index in [-0.39, 0.29) is 12.1 Å². The molecular formula is C18H29N5O4. The Morgan fingerprint density at radius 3 is 2.37 bits per heavy atom. The van der Waals surface area contributed by atoms with Gasteiger partial charge in [-0.3, -0.25) is 18.8 Å². The fourth-order valence-electron chi connectivity index (χ4n) is 4.20. The maximum atomic E-state index is 12.7. The number of aromatic nitrogens is 4. The Bertz CT molecular complexity index is 934. The van der Waals surface area contributed by atoms with Crippen molar-refractivity contribution in [2.45, 2.75) is 39.5 Å². The standard InChI is InChI=1S/C18H29N5O4/c1-11-5-12(2)7-22(6-11)9-14-19-16-15(23(14)8-13(25)10-24)17(26)21(4)18(27)20(16)3/h11-13,24-25H,5-10H2,1-4H3. The van der Waals surface area contributed by atoms with E-state index in [0.717, 1.165) is 17.7 Å². The lowest BCUT2D eigenvalue weighted by Gasteiger charge is -2.34. The second-order valence-electron chi connectivity index (χ2n) is 7.99. The van der Waals surface area contributed by atoms with Crippen molar-refractivity contribution < 1.29 is 10.2 Å². The van der Waals surface area contributed by atoms with Gasteiger partial charge in [0.05, 0.1) is 25.8 Å². The molecule has 3 unspecified atom stereocenters. The van der Waals surface area contributed by atoms with Crippen LogP contribution in [0.25, 0.3) is 11.2 Å². The molecule has 9 heteroatoms. The van der Waals surface area contributed by atoms with Gasteiger partial charge < -0.3 is 14.8 Å². The summed E-state index contributed by atoms with van der Waals surface area (Å²) in [4.78, 5) is 31.9. The molecule has 3 rings (SSSR count). The van der Waals surface area contributed by atoms with E-state index in [1.807, 2.05) is 0 Å². The molecule has 3 heterocycles. The van der Waals surface area contributed by atoms with Crippen LogP contribution in [0.4, 0.5) is 0 Å². The van der Waals surface area contributed by atoms with Crippen LogP contribution in [0.2, 0.25) is 0 Å². The molecule has 2 aromatic rings. The van der Waals surface area contributed by atoms with Crippen LogP contribution in [0.5, 0.6) is 0 Å². The third kappa shape index (κ3) is 3.71. The molecule has 27 heavy (non-hydrogen) atoms. The van der Waals surface area contributed by atoms with Gasteiger partial charge in [0.2, 0.25) is 0 Å². The highest BCUT2D eigenvalue weighted by atomic mass is 16.3. The summed E-state index contributed by atoms with van der Waals surface area (Å²) in [5, 5.41) is 19.3. The second-order valence-corrected chi connectivity index (χ2v) is 7.99. The lowest BCUT2D eigenvalue weighted by molar-refractivity contribution is 0.0793. The average molecular weight is 379 g/mol. The zero-order valence-corrected chi connectivity index (χ0v) is 16.4. The van der Waals surface area contributed by atoms with Crippen LogP contribution in [0.1, 0.15) is 26.1 Å². The van der Waals surface area contributed by atoms with Crippen molar-refractivity contribution >= 4 is 11.2 Å². The van der Waals surface area contributed by atoms with Crippen molar-refractivity contribution in [2.75, 3.05) is 19.7 Å². The van der Waals surface area contributed by atoms with Gasteiger partial charge >= 0.3 is 5.69 Å². The number of likely N-dealkylation sites (tertiary alicyclic amines) is 1. The highest BCUT2D eigenvalue weighted by Gasteiger charge is 2.26. The average Bonchev–Trinajstić information content (AvgIpc) is 2.95. The Morgan fingerprint density at radius 2 is 1.78 bits per heavy atom. The third-order valence-corrected chi connectivity index (χ3v) is 5.34. The molecule has 0 aromatic carbocycles. The van der Waals surface area contributed by atoms with Gasteiger partial charge in [0.25, 0.3) is 5.56 Å². The maximum absolute atomic E-state index is 12.7. The Kier molecular flexibility index (Phi) is 5.55. The highest BCUT2D eigenvalue weighted by molar-refractivity contribution is 5.71. The van der Waals surface area contributed by atoms with Crippen molar-refractivity contribution in [2.24, 2.45) is 25.9 Å². The van der Waals surface area contributed by atoms with Crippen LogP contribution in [-0.4, -0.2) is 59.6 Å². The number of hydrogen-bond acceptors (Lipinski definition) is 6. The zero-order valence-electron chi connectivity index (χ0n) is 16.4. The van der Waals surface area contributed by atoms with E-state index < -0.39 is 24.0 Å². The first-order valence-electron chi connectivity index (χ1n) is 9.39. The van der Waals surface area contributed by atoms with Crippen LogP contribution in [0.3, 0.4) is 0 Å². The molecule has 0 saturated carbocycles. The lowest BCUT2D eigenvalue weighted by Crippen LogP contribution is -2.39. The molecule has 0 amide bonds. The summed E-state index contributed by atoms with van der Waals surface area (Å²) in [7, 11) is 3.01. The van der Waals surface area contributed by atoms with Gasteiger partial charge in [-0.1, -0.05) is 13.8 Å². The minimum Gasteiger partial charge on any atom is -0.394 e. The smallest absolute Gasteiger partial charge is 0.332 e. The fraction of sp³-hybridized carbons (Fsp3) is 0.722. The maximum Gasteiger partial charge on any atom is 0.332 e. The highest BCUT2D eigenvalue weighted by Crippen LogP contribution is 2.23. The minimum absolute atomic E-state index is 0.0503. The van der Waals surface area contributed by atoms with Crippen molar-refractivity contribution in [3.8, 4) is 0 Å². The molecular weight excluding hydrogens is 350 g/mol. The van der Waals surface area contributed by atoms with Gasteiger partial charge in [0.15, 0.2) is 11.2 Å².